The van der Waals surface area contributed by atoms with Crippen LogP contribution >= 0.6 is 0 Å². The third-order valence-electron chi connectivity index (χ3n) is 2.63. The van der Waals surface area contributed by atoms with Crippen LogP contribution in [0.1, 0.15) is 17.0 Å². The molecule has 2 heteroatoms. The molecule has 1 aliphatic heterocycles. The average molecular weight is 188 g/mol. The van der Waals surface area contributed by atoms with Crippen molar-refractivity contribution in [3.63, 3.8) is 0 Å². The lowest BCUT2D eigenvalue weighted by Crippen LogP contribution is -2.29. The largest absolute Gasteiger partial charge is 0.365 e. The van der Waals surface area contributed by atoms with Gasteiger partial charge in [-0.3, -0.25) is 4.99 Å². The molecule has 0 amide bonds. The Bertz CT molecular complexity index is 344. The van der Waals surface area contributed by atoms with Gasteiger partial charge in [-0.2, -0.15) is 0 Å². The summed E-state index contributed by atoms with van der Waals surface area (Å²) in [7, 11) is 2.07. The van der Waals surface area contributed by atoms with E-state index in [4.69, 9.17) is 0 Å². The number of nitrogens with zero attached hydrogens (tertiary/aromatic N) is 2. The highest BCUT2D eigenvalue weighted by Gasteiger charge is 2.15. The van der Waals surface area contributed by atoms with Gasteiger partial charge in [-0.25, -0.2) is 0 Å². The van der Waals surface area contributed by atoms with Gasteiger partial charge < -0.3 is 4.90 Å². The predicted molar refractivity (Wildman–Crippen MR) is 59.9 cm³/mol. The van der Waals surface area contributed by atoms with E-state index in [9.17, 15) is 0 Å². The maximum atomic E-state index is 4.35. The summed E-state index contributed by atoms with van der Waals surface area (Å²) in [6.07, 6.45) is 1.92. The van der Waals surface area contributed by atoms with E-state index in [0.717, 1.165) is 13.1 Å². The van der Waals surface area contributed by atoms with Gasteiger partial charge in [-0.05, 0) is 12.5 Å². The summed E-state index contributed by atoms with van der Waals surface area (Å²) in [5.41, 5.74) is 2.74. The molecule has 0 radical (unpaired) electrons. The van der Waals surface area contributed by atoms with Crippen molar-refractivity contribution in [3.05, 3.63) is 35.4 Å². The first-order valence-electron chi connectivity index (χ1n) is 5.02. The van der Waals surface area contributed by atoms with E-state index in [-0.39, 0.29) is 0 Å². The maximum Gasteiger partial charge on any atom is 0.0847 e. The van der Waals surface area contributed by atoms with E-state index >= 15 is 0 Å². The molecule has 0 saturated heterocycles. The number of aryl methyl sites for hydroxylation is 1. The van der Waals surface area contributed by atoms with Gasteiger partial charge in [-0.15, -0.1) is 0 Å². The second-order valence-corrected chi connectivity index (χ2v) is 4.03. The number of likely N-dealkylation sites (N-methyl/N-ethyl adjacent to an activating group) is 1. The maximum absolute atomic E-state index is 4.35. The van der Waals surface area contributed by atoms with E-state index in [1.165, 1.54) is 11.1 Å². The van der Waals surface area contributed by atoms with Crippen LogP contribution in [-0.2, 0) is 0 Å². The molecule has 2 rings (SSSR count). The van der Waals surface area contributed by atoms with Crippen molar-refractivity contribution < 1.29 is 0 Å². The molecule has 1 unspecified atom stereocenters. The molecule has 1 aromatic rings. The SMILES string of the molecule is Cc1cccc(C2CN=CN(C)C2)c1. The van der Waals surface area contributed by atoms with Crippen LogP contribution in [0.4, 0.5) is 0 Å². The molecule has 1 atom stereocenters. The van der Waals surface area contributed by atoms with Crippen LogP contribution in [0.5, 0.6) is 0 Å². The second-order valence-electron chi connectivity index (χ2n) is 4.03. The van der Waals surface area contributed by atoms with E-state index in [1.807, 2.05) is 6.34 Å². The summed E-state index contributed by atoms with van der Waals surface area (Å²) in [5.74, 6) is 0.560. The van der Waals surface area contributed by atoms with Crippen LogP contribution < -0.4 is 0 Å². The van der Waals surface area contributed by atoms with Gasteiger partial charge in [0.25, 0.3) is 0 Å². The Morgan fingerprint density at radius 3 is 3.00 bits per heavy atom. The Morgan fingerprint density at radius 2 is 2.29 bits per heavy atom. The molecule has 0 fully saturated rings. The van der Waals surface area contributed by atoms with Crippen LogP contribution in [0, 0.1) is 6.92 Å². The molecule has 0 aromatic heterocycles. The Labute approximate surface area is 85.3 Å². The van der Waals surface area contributed by atoms with Gasteiger partial charge in [0.05, 0.1) is 6.34 Å². The van der Waals surface area contributed by atoms with Gasteiger partial charge in [0, 0.05) is 26.1 Å². The molecule has 1 heterocycles. The van der Waals surface area contributed by atoms with Gasteiger partial charge >= 0.3 is 0 Å². The first-order chi connectivity index (χ1) is 6.75. The van der Waals surface area contributed by atoms with Gasteiger partial charge in [0.1, 0.15) is 0 Å². The van der Waals surface area contributed by atoms with Gasteiger partial charge in [0.15, 0.2) is 0 Å². The van der Waals surface area contributed by atoms with E-state index in [1.54, 1.807) is 0 Å². The van der Waals surface area contributed by atoms with Crippen LogP contribution in [0.3, 0.4) is 0 Å². The summed E-state index contributed by atoms with van der Waals surface area (Å²) in [5, 5.41) is 0. The molecule has 2 nitrogen and oxygen atoms in total. The monoisotopic (exact) mass is 188 g/mol. The summed E-state index contributed by atoms with van der Waals surface area (Å²) in [6, 6.07) is 8.73. The van der Waals surface area contributed by atoms with Crippen molar-refractivity contribution in [3.8, 4) is 0 Å². The van der Waals surface area contributed by atoms with E-state index in [2.05, 4.69) is 48.1 Å². The highest BCUT2D eigenvalue weighted by atomic mass is 15.1. The fourth-order valence-corrected chi connectivity index (χ4v) is 1.90. The number of rotatable bonds is 1. The molecule has 0 aliphatic carbocycles. The Balaban J connectivity index is 2.19. The third-order valence-corrected chi connectivity index (χ3v) is 2.63. The fourth-order valence-electron chi connectivity index (χ4n) is 1.90. The Hall–Kier alpha value is -1.31. The zero-order valence-corrected chi connectivity index (χ0v) is 8.77. The Kier molecular flexibility index (Phi) is 2.53. The molecule has 1 aromatic carbocycles. The summed E-state index contributed by atoms with van der Waals surface area (Å²) in [4.78, 5) is 6.50. The van der Waals surface area contributed by atoms with Crippen molar-refractivity contribution in [2.75, 3.05) is 20.1 Å². The zero-order valence-electron chi connectivity index (χ0n) is 8.77. The zero-order chi connectivity index (χ0) is 9.97. The minimum atomic E-state index is 0.560. The summed E-state index contributed by atoms with van der Waals surface area (Å²) < 4.78 is 0. The number of hydrogen-bond donors (Lipinski definition) is 0. The fraction of sp³-hybridized carbons (Fsp3) is 0.417. The molecule has 0 saturated carbocycles. The van der Waals surface area contributed by atoms with Crippen molar-refractivity contribution in [1.29, 1.82) is 0 Å². The van der Waals surface area contributed by atoms with E-state index in [0.29, 0.717) is 5.92 Å². The summed E-state index contributed by atoms with van der Waals surface area (Å²) >= 11 is 0. The number of hydrogen-bond acceptors (Lipinski definition) is 2. The molecule has 0 spiro atoms. The molecule has 74 valence electrons. The highest BCUT2D eigenvalue weighted by Crippen LogP contribution is 2.20. The highest BCUT2D eigenvalue weighted by molar-refractivity contribution is 5.56. The normalized spacial score (nSPS) is 21.3. The van der Waals surface area contributed by atoms with Crippen molar-refractivity contribution in [1.82, 2.24) is 4.90 Å². The van der Waals surface area contributed by atoms with Crippen LogP contribution in [0.25, 0.3) is 0 Å². The van der Waals surface area contributed by atoms with Crippen molar-refractivity contribution in [2.24, 2.45) is 4.99 Å². The average Bonchev–Trinajstić information content (AvgIpc) is 2.18. The van der Waals surface area contributed by atoms with Gasteiger partial charge in [-0.1, -0.05) is 29.8 Å². The smallest absolute Gasteiger partial charge is 0.0847 e. The molecular weight excluding hydrogens is 172 g/mol. The lowest BCUT2D eigenvalue weighted by Gasteiger charge is -2.25. The summed E-state index contributed by atoms with van der Waals surface area (Å²) in [6.45, 7) is 4.14. The van der Waals surface area contributed by atoms with Gasteiger partial charge in [0.2, 0.25) is 0 Å². The minimum Gasteiger partial charge on any atom is -0.365 e. The van der Waals surface area contributed by atoms with Crippen molar-refractivity contribution in [2.45, 2.75) is 12.8 Å². The molecule has 14 heavy (non-hydrogen) atoms. The third kappa shape index (κ3) is 1.95. The first-order valence-corrected chi connectivity index (χ1v) is 5.02. The molecule has 0 bridgehead atoms. The van der Waals surface area contributed by atoms with Crippen LogP contribution in [-0.4, -0.2) is 31.4 Å². The molecule has 0 N–H and O–H groups in total. The Morgan fingerprint density at radius 1 is 1.43 bits per heavy atom. The molecule has 1 aliphatic rings. The first kappa shape index (κ1) is 9.25. The van der Waals surface area contributed by atoms with Crippen molar-refractivity contribution >= 4 is 6.34 Å². The topological polar surface area (TPSA) is 15.6 Å². The number of aliphatic imine (C=N–C) groups is 1. The lowest BCUT2D eigenvalue weighted by molar-refractivity contribution is 0.440. The van der Waals surface area contributed by atoms with E-state index < -0.39 is 0 Å². The minimum absolute atomic E-state index is 0.560. The lowest BCUT2D eigenvalue weighted by atomic mass is 9.96. The quantitative estimate of drug-likeness (QED) is 0.658. The van der Waals surface area contributed by atoms with Crippen LogP contribution in [0.2, 0.25) is 0 Å². The standard InChI is InChI=1S/C12H16N2/c1-10-4-3-5-11(6-10)12-7-13-9-14(2)8-12/h3-6,9,12H,7-8H2,1-2H3. The molecular formula is C12H16N2. The number of benzene rings is 1. The second kappa shape index (κ2) is 3.82. The predicted octanol–water partition coefficient (Wildman–Crippen LogP) is 2.05. The van der Waals surface area contributed by atoms with Crippen LogP contribution in [0.15, 0.2) is 29.3 Å².